The number of rotatable bonds is 4. The van der Waals surface area contributed by atoms with Crippen LogP contribution in [-0.4, -0.2) is 34.6 Å². The van der Waals surface area contributed by atoms with E-state index in [1.54, 1.807) is 22.0 Å². The van der Waals surface area contributed by atoms with E-state index >= 15 is 0 Å². The monoisotopic (exact) mass is 367 g/mol. The number of imidazole rings is 1. The van der Waals surface area contributed by atoms with Crippen LogP contribution in [0.15, 0.2) is 41.6 Å². The Balaban J connectivity index is 1.44. The van der Waals surface area contributed by atoms with Crippen LogP contribution in [0.25, 0.3) is 5.65 Å². The van der Waals surface area contributed by atoms with Gasteiger partial charge in [0.15, 0.2) is 0 Å². The highest BCUT2D eigenvalue weighted by Crippen LogP contribution is 2.27. The molecule has 4 heterocycles. The number of aryl methyl sites for hydroxylation is 1. The number of aromatic nitrogens is 2. The summed E-state index contributed by atoms with van der Waals surface area (Å²) >= 11 is 1.70. The molecule has 0 unspecified atom stereocenters. The molecule has 4 rings (SSSR count). The molecule has 7 heteroatoms. The minimum atomic E-state index is -0.259. The van der Waals surface area contributed by atoms with Crippen LogP contribution in [0.2, 0.25) is 0 Å². The summed E-state index contributed by atoms with van der Waals surface area (Å²) < 4.78 is 1.78. The van der Waals surface area contributed by atoms with Gasteiger partial charge in [-0.1, -0.05) is 6.07 Å². The van der Waals surface area contributed by atoms with Gasteiger partial charge in [0.25, 0.3) is 5.91 Å². The Kier molecular flexibility index (Phi) is 4.71. The zero-order chi connectivity index (χ0) is 17.9. The number of carbonyl (C=O) groups excluding carboxylic acids is 1. The van der Waals surface area contributed by atoms with Gasteiger partial charge in [0.05, 0.1) is 16.9 Å². The quantitative estimate of drug-likeness (QED) is 0.567. The molecule has 0 saturated carbocycles. The number of hydrazone groups is 1. The molecule has 6 nitrogen and oxygen atoms in total. The Hall–Kier alpha value is -2.67. The zero-order valence-corrected chi connectivity index (χ0v) is 15.5. The fourth-order valence-electron chi connectivity index (χ4n) is 3.29. The van der Waals surface area contributed by atoms with Crippen molar-refractivity contribution < 1.29 is 4.79 Å². The van der Waals surface area contributed by atoms with Crippen molar-refractivity contribution in [3.05, 3.63) is 52.8 Å². The van der Waals surface area contributed by atoms with Crippen LogP contribution in [0.4, 0.5) is 5.00 Å². The molecule has 3 aromatic rings. The maximum atomic E-state index is 12.5. The summed E-state index contributed by atoms with van der Waals surface area (Å²) in [6, 6.07) is 9.83. The third-order valence-electron chi connectivity index (χ3n) is 4.56. The first-order valence-corrected chi connectivity index (χ1v) is 9.66. The number of carbonyl (C=O) groups is 1. The number of nitrogens with zero attached hydrogens (tertiary/aromatic N) is 4. The van der Waals surface area contributed by atoms with Crippen LogP contribution >= 0.6 is 11.3 Å². The average molecular weight is 367 g/mol. The van der Waals surface area contributed by atoms with Crippen molar-refractivity contribution in [2.45, 2.75) is 26.2 Å². The number of hydrogen-bond donors (Lipinski definition) is 1. The van der Waals surface area contributed by atoms with E-state index in [4.69, 9.17) is 0 Å². The molecule has 0 atom stereocenters. The number of amides is 1. The van der Waals surface area contributed by atoms with Crippen LogP contribution in [0.1, 0.15) is 40.3 Å². The van der Waals surface area contributed by atoms with Gasteiger partial charge < -0.3 is 4.90 Å². The highest BCUT2D eigenvalue weighted by molar-refractivity contribution is 7.17. The van der Waals surface area contributed by atoms with Gasteiger partial charge in [-0.3, -0.25) is 9.20 Å². The van der Waals surface area contributed by atoms with Gasteiger partial charge in [-0.2, -0.15) is 5.10 Å². The highest BCUT2D eigenvalue weighted by atomic mass is 32.1. The molecule has 3 aromatic heterocycles. The molecule has 0 spiro atoms. The summed E-state index contributed by atoms with van der Waals surface area (Å²) in [5.41, 5.74) is 4.57. The molecule has 1 N–H and O–H groups in total. The summed E-state index contributed by atoms with van der Waals surface area (Å²) in [6.07, 6.45) is 7.38. The number of pyridine rings is 1. The Labute approximate surface area is 156 Å². The second-order valence-electron chi connectivity index (χ2n) is 6.40. The Morgan fingerprint density at radius 3 is 2.92 bits per heavy atom. The lowest BCUT2D eigenvalue weighted by molar-refractivity contribution is 0.0948. The molecule has 0 aromatic carbocycles. The van der Waals surface area contributed by atoms with E-state index in [1.165, 1.54) is 24.3 Å². The molecule has 1 fully saturated rings. The number of thiophene rings is 1. The van der Waals surface area contributed by atoms with Gasteiger partial charge in [-0.05, 0) is 50.5 Å². The van der Waals surface area contributed by atoms with Crippen LogP contribution in [0.3, 0.4) is 0 Å². The minimum Gasteiger partial charge on any atom is -0.363 e. The SMILES string of the molecule is Cc1nc2ccccn2c1C(=O)N/N=C\c1ccc(N2CCCCC2)s1. The highest BCUT2D eigenvalue weighted by Gasteiger charge is 2.16. The lowest BCUT2D eigenvalue weighted by atomic mass is 10.1. The molecule has 1 aliphatic heterocycles. The fraction of sp³-hybridized carbons (Fsp3) is 0.316. The van der Waals surface area contributed by atoms with E-state index in [-0.39, 0.29) is 5.91 Å². The molecular weight excluding hydrogens is 346 g/mol. The smallest absolute Gasteiger partial charge is 0.290 e. The van der Waals surface area contributed by atoms with Crippen LogP contribution in [-0.2, 0) is 0 Å². The third-order valence-corrected chi connectivity index (χ3v) is 5.64. The number of piperidine rings is 1. The number of anilines is 1. The van der Waals surface area contributed by atoms with Gasteiger partial charge in [0, 0.05) is 24.2 Å². The van der Waals surface area contributed by atoms with Crippen molar-refractivity contribution in [2.75, 3.05) is 18.0 Å². The standard InChI is InChI=1S/C19H21N5OS/c1-14-18(24-12-6-3-7-16(24)21-14)19(25)22-20-13-15-8-9-17(26-15)23-10-4-2-5-11-23/h3,6-9,12-13H,2,4-5,10-11H2,1H3,(H,22,25)/b20-13-. The molecule has 1 aliphatic rings. The molecule has 1 saturated heterocycles. The number of fused-ring (bicyclic) bond motifs is 1. The van der Waals surface area contributed by atoms with Crippen molar-refractivity contribution in [1.29, 1.82) is 0 Å². The van der Waals surface area contributed by atoms with Crippen molar-refractivity contribution in [3.8, 4) is 0 Å². The van der Waals surface area contributed by atoms with E-state index in [0.29, 0.717) is 11.4 Å². The summed E-state index contributed by atoms with van der Waals surface area (Å²) in [5, 5.41) is 5.40. The molecule has 134 valence electrons. The second kappa shape index (κ2) is 7.29. The van der Waals surface area contributed by atoms with Crippen LogP contribution < -0.4 is 10.3 Å². The van der Waals surface area contributed by atoms with Gasteiger partial charge in [0.2, 0.25) is 0 Å². The van der Waals surface area contributed by atoms with Crippen molar-refractivity contribution in [2.24, 2.45) is 5.10 Å². The lowest BCUT2D eigenvalue weighted by Gasteiger charge is -2.27. The molecule has 0 aliphatic carbocycles. The lowest BCUT2D eigenvalue weighted by Crippen LogP contribution is -2.28. The zero-order valence-electron chi connectivity index (χ0n) is 14.7. The average Bonchev–Trinajstić information content (AvgIpc) is 3.26. The predicted octanol–water partition coefficient (Wildman–Crippen LogP) is 3.46. The maximum Gasteiger partial charge on any atom is 0.290 e. The normalized spacial score (nSPS) is 15.0. The Morgan fingerprint density at radius 2 is 2.08 bits per heavy atom. The largest absolute Gasteiger partial charge is 0.363 e. The Morgan fingerprint density at radius 1 is 1.23 bits per heavy atom. The van der Waals surface area contributed by atoms with Gasteiger partial charge >= 0.3 is 0 Å². The molecular formula is C19H21N5OS. The van der Waals surface area contributed by atoms with E-state index in [0.717, 1.165) is 23.6 Å². The summed E-state index contributed by atoms with van der Waals surface area (Å²) in [5.74, 6) is -0.259. The van der Waals surface area contributed by atoms with Gasteiger partial charge in [0.1, 0.15) is 11.3 Å². The summed E-state index contributed by atoms with van der Waals surface area (Å²) in [4.78, 5) is 20.3. The molecule has 1 amide bonds. The van der Waals surface area contributed by atoms with Gasteiger partial charge in [-0.15, -0.1) is 11.3 Å². The summed E-state index contributed by atoms with van der Waals surface area (Å²) in [6.45, 7) is 4.08. The first kappa shape index (κ1) is 16.8. The van der Waals surface area contributed by atoms with E-state index in [2.05, 4.69) is 26.5 Å². The molecule has 0 bridgehead atoms. The summed E-state index contributed by atoms with van der Waals surface area (Å²) in [7, 11) is 0. The number of nitrogens with one attached hydrogen (secondary N) is 1. The number of hydrogen-bond acceptors (Lipinski definition) is 5. The van der Waals surface area contributed by atoms with E-state index in [1.807, 2.05) is 37.4 Å². The van der Waals surface area contributed by atoms with E-state index in [9.17, 15) is 4.79 Å². The third kappa shape index (κ3) is 3.35. The van der Waals surface area contributed by atoms with Crippen molar-refractivity contribution >= 4 is 34.1 Å². The maximum absolute atomic E-state index is 12.5. The minimum absolute atomic E-state index is 0.259. The van der Waals surface area contributed by atoms with Gasteiger partial charge in [-0.25, -0.2) is 10.4 Å². The van der Waals surface area contributed by atoms with E-state index < -0.39 is 0 Å². The molecule has 26 heavy (non-hydrogen) atoms. The van der Waals surface area contributed by atoms with Crippen LogP contribution in [0.5, 0.6) is 0 Å². The fourth-order valence-corrected chi connectivity index (χ4v) is 4.22. The van der Waals surface area contributed by atoms with Crippen molar-refractivity contribution in [3.63, 3.8) is 0 Å². The first-order valence-electron chi connectivity index (χ1n) is 8.84. The second-order valence-corrected chi connectivity index (χ2v) is 7.49. The van der Waals surface area contributed by atoms with Crippen molar-refractivity contribution in [1.82, 2.24) is 14.8 Å². The predicted molar refractivity (Wildman–Crippen MR) is 105 cm³/mol. The van der Waals surface area contributed by atoms with Crippen LogP contribution in [0, 0.1) is 6.92 Å². The topological polar surface area (TPSA) is 62.0 Å². The Bertz CT molecular complexity index is 952. The first-order chi connectivity index (χ1) is 12.7. The molecule has 0 radical (unpaired) electrons.